The predicted octanol–water partition coefficient (Wildman–Crippen LogP) is 5.34. The molecule has 1 heterocycles. The van der Waals surface area contributed by atoms with Crippen LogP contribution >= 0.6 is 11.6 Å². The fraction of sp³-hybridized carbons (Fsp3) is 0.304. The molecule has 4 rings (SSSR count). The molecule has 1 aliphatic heterocycles. The van der Waals surface area contributed by atoms with Crippen molar-refractivity contribution in [3.05, 3.63) is 76.8 Å². The van der Waals surface area contributed by atoms with Gasteiger partial charge in [0.15, 0.2) is 0 Å². The summed E-state index contributed by atoms with van der Waals surface area (Å²) in [4.78, 5) is 0. The zero-order valence-electron chi connectivity index (χ0n) is 15.3. The molecule has 1 atom stereocenters. The van der Waals surface area contributed by atoms with Crippen molar-refractivity contribution in [3.8, 4) is 5.75 Å². The van der Waals surface area contributed by atoms with Crippen LogP contribution in [0.2, 0.25) is 5.02 Å². The van der Waals surface area contributed by atoms with Gasteiger partial charge in [-0.15, -0.1) is 0 Å². The van der Waals surface area contributed by atoms with Gasteiger partial charge in [-0.1, -0.05) is 54.1 Å². The zero-order chi connectivity index (χ0) is 18.5. The number of halogens is 1. The largest absolute Gasteiger partial charge is 0.489 e. The molecule has 140 valence electrons. The van der Waals surface area contributed by atoms with Crippen molar-refractivity contribution >= 4 is 22.4 Å². The Kier molecular flexibility index (Phi) is 5.93. The quantitative estimate of drug-likeness (QED) is 0.599. The highest BCUT2D eigenvalue weighted by atomic mass is 35.5. The molecule has 1 N–H and O–H groups in total. The summed E-state index contributed by atoms with van der Waals surface area (Å²) in [5.74, 6) is 0.911. The maximum absolute atomic E-state index is 6.18. The molecule has 0 unspecified atom stereocenters. The number of nitrogens with one attached hydrogen (secondary N) is 1. The molecule has 3 aromatic rings. The fourth-order valence-electron chi connectivity index (χ4n) is 3.58. The van der Waals surface area contributed by atoms with Crippen molar-refractivity contribution in [1.82, 2.24) is 5.32 Å². The lowest BCUT2D eigenvalue weighted by Gasteiger charge is -2.16. The molecule has 0 saturated carbocycles. The lowest BCUT2D eigenvalue weighted by atomic mass is 10.0. The number of fused-ring (bicyclic) bond motifs is 1. The molecule has 0 aliphatic carbocycles. The Morgan fingerprint density at radius 3 is 2.85 bits per heavy atom. The minimum absolute atomic E-state index is 0.329. The van der Waals surface area contributed by atoms with Gasteiger partial charge >= 0.3 is 0 Å². The number of hydrogen-bond donors (Lipinski definition) is 1. The van der Waals surface area contributed by atoms with Crippen LogP contribution in [-0.2, 0) is 17.9 Å². The van der Waals surface area contributed by atoms with Gasteiger partial charge in [-0.2, -0.15) is 0 Å². The Morgan fingerprint density at radius 2 is 2.00 bits per heavy atom. The van der Waals surface area contributed by atoms with E-state index < -0.39 is 0 Å². The van der Waals surface area contributed by atoms with Gasteiger partial charge in [0.1, 0.15) is 12.4 Å². The Hall–Kier alpha value is -2.07. The first-order chi connectivity index (χ1) is 13.3. The average Bonchev–Trinajstić information content (AvgIpc) is 3.20. The number of rotatable bonds is 7. The standard InChI is InChI=1S/C23H24ClNO2/c24-19-7-3-5-17(13-19)16-27-23-11-10-18-6-1-2-9-21(18)22(23)15-25-14-20-8-4-12-26-20/h1-3,5-7,9-11,13,20,25H,4,8,12,14-16H2/t20-/m0/s1. The molecule has 1 fully saturated rings. The Labute approximate surface area is 165 Å². The molecule has 0 spiro atoms. The zero-order valence-corrected chi connectivity index (χ0v) is 16.0. The summed E-state index contributed by atoms with van der Waals surface area (Å²) < 4.78 is 11.9. The van der Waals surface area contributed by atoms with E-state index in [4.69, 9.17) is 21.1 Å². The summed E-state index contributed by atoms with van der Waals surface area (Å²) in [6.45, 7) is 3.01. The molecule has 0 bridgehead atoms. The average molecular weight is 382 g/mol. The first kappa shape index (κ1) is 18.3. The molecule has 1 saturated heterocycles. The second-order valence-electron chi connectivity index (χ2n) is 6.95. The van der Waals surface area contributed by atoms with Crippen molar-refractivity contribution in [2.75, 3.05) is 13.2 Å². The maximum Gasteiger partial charge on any atom is 0.124 e. The molecule has 1 aliphatic rings. The van der Waals surface area contributed by atoms with E-state index in [0.29, 0.717) is 12.7 Å². The van der Waals surface area contributed by atoms with Crippen molar-refractivity contribution < 1.29 is 9.47 Å². The second-order valence-corrected chi connectivity index (χ2v) is 7.38. The van der Waals surface area contributed by atoms with E-state index in [-0.39, 0.29) is 0 Å². The molecular formula is C23H24ClNO2. The van der Waals surface area contributed by atoms with Crippen LogP contribution in [0.1, 0.15) is 24.0 Å². The minimum atomic E-state index is 0.329. The van der Waals surface area contributed by atoms with Crippen LogP contribution in [0.15, 0.2) is 60.7 Å². The molecule has 0 aromatic heterocycles. The SMILES string of the molecule is Clc1cccc(COc2ccc3ccccc3c2CNC[C@@H]2CCCO2)c1. The third kappa shape index (κ3) is 4.62. The van der Waals surface area contributed by atoms with Gasteiger partial charge < -0.3 is 14.8 Å². The van der Waals surface area contributed by atoms with E-state index in [1.807, 2.05) is 24.3 Å². The van der Waals surface area contributed by atoms with Crippen molar-refractivity contribution in [2.45, 2.75) is 32.1 Å². The summed E-state index contributed by atoms with van der Waals surface area (Å²) >= 11 is 6.09. The molecule has 3 aromatic carbocycles. The number of benzene rings is 3. The smallest absolute Gasteiger partial charge is 0.124 e. The summed E-state index contributed by atoms with van der Waals surface area (Å²) in [6, 6.07) is 20.4. The third-order valence-electron chi connectivity index (χ3n) is 4.98. The van der Waals surface area contributed by atoms with Crippen LogP contribution in [0.25, 0.3) is 10.8 Å². The van der Waals surface area contributed by atoms with Gasteiger partial charge in [0.05, 0.1) is 6.10 Å². The monoisotopic (exact) mass is 381 g/mol. The molecular weight excluding hydrogens is 358 g/mol. The summed E-state index contributed by atoms with van der Waals surface area (Å²) in [5.41, 5.74) is 2.25. The highest BCUT2D eigenvalue weighted by Gasteiger charge is 2.16. The van der Waals surface area contributed by atoms with Gasteiger partial charge in [-0.05, 0) is 47.4 Å². The topological polar surface area (TPSA) is 30.5 Å². The first-order valence-corrected chi connectivity index (χ1v) is 9.87. The van der Waals surface area contributed by atoms with Gasteiger partial charge in [0.2, 0.25) is 0 Å². The highest BCUT2D eigenvalue weighted by Crippen LogP contribution is 2.29. The van der Waals surface area contributed by atoms with Gasteiger partial charge in [0, 0.05) is 30.3 Å². The lowest BCUT2D eigenvalue weighted by Crippen LogP contribution is -2.26. The summed E-state index contributed by atoms with van der Waals surface area (Å²) in [6.07, 6.45) is 2.63. The summed E-state index contributed by atoms with van der Waals surface area (Å²) in [5, 5.41) is 6.73. The van der Waals surface area contributed by atoms with Crippen molar-refractivity contribution in [3.63, 3.8) is 0 Å². The van der Waals surface area contributed by atoms with Crippen LogP contribution in [0.4, 0.5) is 0 Å². The number of ether oxygens (including phenoxy) is 2. The highest BCUT2D eigenvalue weighted by molar-refractivity contribution is 6.30. The van der Waals surface area contributed by atoms with E-state index in [9.17, 15) is 0 Å². The first-order valence-electron chi connectivity index (χ1n) is 9.50. The maximum atomic E-state index is 6.18. The summed E-state index contributed by atoms with van der Waals surface area (Å²) in [7, 11) is 0. The number of hydrogen-bond acceptors (Lipinski definition) is 3. The van der Waals surface area contributed by atoms with E-state index in [1.54, 1.807) is 0 Å². The second kappa shape index (κ2) is 8.75. The van der Waals surface area contributed by atoms with Crippen LogP contribution in [-0.4, -0.2) is 19.3 Å². The molecule has 4 heteroatoms. The van der Waals surface area contributed by atoms with Gasteiger partial charge in [-0.3, -0.25) is 0 Å². The van der Waals surface area contributed by atoms with Crippen LogP contribution in [0.5, 0.6) is 5.75 Å². The molecule has 0 amide bonds. The van der Waals surface area contributed by atoms with E-state index in [1.165, 1.54) is 16.3 Å². The third-order valence-corrected chi connectivity index (χ3v) is 5.21. The van der Waals surface area contributed by atoms with Gasteiger partial charge in [-0.25, -0.2) is 0 Å². The Balaban J connectivity index is 1.53. The molecule has 3 nitrogen and oxygen atoms in total. The van der Waals surface area contributed by atoms with Gasteiger partial charge in [0.25, 0.3) is 0 Å². The van der Waals surface area contributed by atoms with Crippen LogP contribution in [0.3, 0.4) is 0 Å². The van der Waals surface area contributed by atoms with E-state index in [2.05, 4.69) is 41.7 Å². The molecule has 27 heavy (non-hydrogen) atoms. The lowest BCUT2D eigenvalue weighted by molar-refractivity contribution is 0.110. The van der Waals surface area contributed by atoms with E-state index in [0.717, 1.165) is 48.9 Å². The van der Waals surface area contributed by atoms with Crippen molar-refractivity contribution in [1.29, 1.82) is 0 Å². The van der Waals surface area contributed by atoms with Crippen LogP contribution in [0, 0.1) is 0 Å². The fourth-order valence-corrected chi connectivity index (χ4v) is 3.80. The normalized spacial score (nSPS) is 16.7. The van der Waals surface area contributed by atoms with E-state index >= 15 is 0 Å². The Morgan fingerprint density at radius 1 is 1.07 bits per heavy atom. The van der Waals surface area contributed by atoms with Crippen LogP contribution < -0.4 is 10.1 Å². The molecule has 0 radical (unpaired) electrons. The predicted molar refractivity (Wildman–Crippen MR) is 110 cm³/mol. The minimum Gasteiger partial charge on any atom is -0.489 e. The Bertz CT molecular complexity index is 906. The van der Waals surface area contributed by atoms with Crippen molar-refractivity contribution in [2.24, 2.45) is 0 Å².